The quantitative estimate of drug-likeness (QED) is 0.0538. The van der Waals surface area contributed by atoms with Gasteiger partial charge in [-0.05, 0) is 86.5 Å². The number of benzene rings is 3. The van der Waals surface area contributed by atoms with Gasteiger partial charge in [0.15, 0.2) is 11.5 Å². The Labute approximate surface area is 264 Å². The molecule has 0 atom stereocenters. The molecule has 0 spiro atoms. The van der Waals surface area contributed by atoms with Gasteiger partial charge in [0, 0.05) is 42.0 Å². The van der Waals surface area contributed by atoms with Crippen LogP contribution in [-0.4, -0.2) is 54.7 Å². The number of carbonyl (C=O) groups excluding carboxylic acids is 3. The molecule has 1 saturated carbocycles. The van der Waals surface area contributed by atoms with E-state index >= 15 is 0 Å². The Morgan fingerprint density at radius 3 is 2.20 bits per heavy atom. The lowest BCUT2D eigenvalue weighted by molar-refractivity contribution is -0.131. The minimum Gasteiger partial charge on any atom is -0.493 e. The van der Waals surface area contributed by atoms with Crippen LogP contribution in [0.3, 0.4) is 0 Å². The van der Waals surface area contributed by atoms with Gasteiger partial charge in [-0.2, -0.15) is 0 Å². The van der Waals surface area contributed by atoms with Crippen LogP contribution in [0.2, 0.25) is 0 Å². The van der Waals surface area contributed by atoms with E-state index in [2.05, 4.69) is 20.9 Å². The summed E-state index contributed by atoms with van der Waals surface area (Å²) in [5.41, 5.74) is 1.99. The number of anilines is 2. The van der Waals surface area contributed by atoms with Crippen molar-refractivity contribution in [2.45, 2.75) is 25.7 Å². The molecular weight excluding hydrogens is 597 g/mol. The van der Waals surface area contributed by atoms with E-state index in [9.17, 15) is 18.8 Å². The van der Waals surface area contributed by atoms with Crippen LogP contribution < -0.4 is 35.6 Å². The first-order valence-corrected chi connectivity index (χ1v) is 14.7. The second kappa shape index (κ2) is 14.7. The predicted octanol–water partition coefficient (Wildman–Crippen LogP) is 4.79. The SMILES string of the molecule is COc1cc2c(Oc3ccc(NC(=O)C4(C(=O)Nc5ccc(F)cc5)CC4)cc3)ccnc2cc1OCCCNCCC(=O)NO. The van der Waals surface area contributed by atoms with E-state index in [1.54, 1.807) is 61.3 Å². The number of aromatic nitrogens is 1. The van der Waals surface area contributed by atoms with Crippen molar-refractivity contribution in [3.8, 4) is 23.0 Å². The molecule has 0 bridgehead atoms. The van der Waals surface area contributed by atoms with E-state index in [4.69, 9.17) is 19.4 Å². The van der Waals surface area contributed by atoms with Crippen LogP contribution >= 0.6 is 0 Å². The highest BCUT2D eigenvalue weighted by molar-refractivity contribution is 6.16. The molecule has 5 N–H and O–H groups in total. The Bertz CT molecular complexity index is 1700. The Kier molecular flexibility index (Phi) is 10.2. The van der Waals surface area contributed by atoms with Gasteiger partial charge < -0.3 is 30.2 Å². The molecule has 0 unspecified atom stereocenters. The van der Waals surface area contributed by atoms with E-state index in [0.29, 0.717) is 84.2 Å². The average Bonchev–Trinajstić information content (AvgIpc) is 3.88. The molecule has 13 heteroatoms. The maximum atomic E-state index is 13.2. The maximum absolute atomic E-state index is 13.2. The predicted molar refractivity (Wildman–Crippen MR) is 168 cm³/mol. The smallest absolute Gasteiger partial charge is 0.244 e. The van der Waals surface area contributed by atoms with Crippen molar-refractivity contribution in [3.63, 3.8) is 0 Å². The molecule has 3 aromatic carbocycles. The molecule has 46 heavy (non-hydrogen) atoms. The van der Waals surface area contributed by atoms with Crippen molar-refractivity contribution >= 4 is 40.0 Å². The molecule has 5 rings (SSSR count). The van der Waals surface area contributed by atoms with E-state index in [1.165, 1.54) is 24.3 Å². The van der Waals surface area contributed by atoms with Crippen molar-refractivity contribution in [1.82, 2.24) is 15.8 Å². The number of carbonyl (C=O) groups is 3. The lowest BCUT2D eigenvalue weighted by Crippen LogP contribution is -2.35. The molecule has 4 aromatic rings. The number of methoxy groups -OCH3 is 1. The number of rotatable bonds is 15. The fourth-order valence-electron chi connectivity index (χ4n) is 4.70. The summed E-state index contributed by atoms with van der Waals surface area (Å²) in [4.78, 5) is 41.4. The average molecular weight is 632 g/mol. The first kappa shape index (κ1) is 32.1. The second-order valence-electron chi connectivity index (χ2n) is 10.7. The van der Waals surface area contributed by atoms with Crippen LogP contribution in [0.25, 0.3) is 10.9 Å². The van der Waals surface area contributed by atoms with Crippen LogP contribution in [0.5, 0.6) is 23.0 Å². The van der Waals surface area contributed by atoms with Crippen molar-refractivity contribution in [1.29, 1.82) is 0 Å². The summed E-state index contributed by atoms with van der Waals surface area (Å²) in [5, 5.41) is 17.8. The molecule has 0 aliphatic heterocycles. The molecule has 0 saturated heterocycles. The molecule has 1 aliphatic rings. The lowest BCUT2D eigenvalue weighted by atomic mass is 10.0. The summed E-state index contributed by atoms with van der Waals surface area (Å²) < 4.78 is 30.8. The number of amides is 3. The standard InChI is InChI=1S/C33H34FN5O7/c1-44-28-19-25-26(20-29(28)45-18-2-15-35-16-12-30(40)39-43)36-17-11-27(25)46-24-9-7-23(8-10-24)38-32(42)33(13-14-33)31(41)37-22-5-3-21(34)4-6-22/h3-11,17,19-20,35,43H,2,12-16,18H2,1H3,(H,37,41)(H,38,42)(H,39,40). The summed E-state index contributed by atoms with van der Waals surface area (Å²) >= 11 is 0. The summed E-state index contributed by atoms with van der Waals surface area (Å²) in [6.45, 7) is 1.47. The zero-order valence-electron chi connectivity index (χ0n) is 25.1. The number of nitrogens with one attached hydrogen (secondary N) is 4. The number of nitrogens with zero attached hydrogens (tertiary/aromatic N) is 1. The summed E-state index contributed by atoms with van der Waals surface area (Å²) in [5.74, 6) is 0.395. The van der Waals surface area contributed by atoms with Gasteiger partial charge in [0.05, 0.1) is 19.2 Å². The van der Waals surface area contributed by atoms with Gasteiger partial charge in [0.1, 0.15) is 22.7 Å². The number of hydroxylamine groups is 1. The van der Waals surface area contributed by atoms with Gasteiger partial charge in [-0.1, -0.05) is 0 Å². The highest BCUT2D eigenvalue weighted by Crippen LogP contribution is 2.47. The number of hydrogen-bond acceptors (Lipinski definition) is 9. The minimum absolute atomic E-state index is 0.175. The minimum atomic E-state index is -1.17. The first-order valence-electron chi connectivity index (χ1n) is 14.7. The first-order chi connectivity index (χ1) is 22.3. The molecule has 1 heterocycles. The van der Waals surface area contributed by atoms with Gasteiger partial charge in [0.2, 0.25) is 17.7 Å². The number of halogens is 1. The molecule has 1 aliphatic carbocycles. The lowest BCUT2D eigenvalue weighted by Gasteiger charge is -2.16. The molecule has 12 nitrogen and oxygen atoms in total. The van der Waals surface area contributed by atoms with Gasteiger partial charge in [-0.25, -0.2) is 9.87 Å². The van der Waals surface area contributed by atoms with Gasteiger partial charge in [-0.3, -0.25) is 24.6 Å². The van der Waals surface area contributed by atoms with Crippen LogP contribution in [0.4, 0.5) is 15.8 Å². The van der Waals surface area contributed by atoms with E-state index < -0.39 is 29.0 Å². The topological polar surface area (TPSA) is 160 Å². The summed E-state index contributed by atoms with van der Waals surface area (Å²) in [6.07, 6.45) is 3.32. The van der Waals surface area contributed by atoms with Crippen LogP contribution in [0.1, 0.15) is 25.7 Å². The van der Waals surface area contributed by atoms with E-state index in [1.807, 2.05) is 0 Å². The van der Waals surface area contributed by atoms with Crippen molar-refractivity contribution in [2.24, 2.45) is 5.41 Å². The van der Waals surface area contributed by atoms with Gasteiger partial charge >= 0.3 is 0 Å². The Morgan fingerprint density at radius 2 is 1.57 bits per heavy atom. The largest absolute Gasteiger partial charge is 0.493 e. The van der Waals surface area contributed by atoms with Gasteiger partial charge in [0.25, 0.3) is 0 Å². The van der Waals surface area contributed by atoms with Crippen molar-refractivity contribution < 1.29 is 38.2 Å². The third-order valence-corrected chi connectivity index (χ3v) is 7.46. The number of fused-ring (bicyclic) bond motifs is 1. The van der Waals surface area contributed by atoms with Crippen molar-refractivity contribution in [3.05, 3.63) is 78.7 Å². The zero-order chi connectivity index (χ0) is 32.5. The third kappa shape index (κ3) is 7.86. The molecule has 1 aromatic heterocycles. The normalized spacial score (nSPS) is 13.0. The molecule has 240 valence electrons. The number of ether oxygens (including phenoxy) is 3. The van der Waals surface area contributed by atoms with Crippen LogP contribution in [0.15, 0.2) is 72.9 Å². The Hall–Kier alpha value is -5.27. The zero-order valence-corrected chi connectivity index (χ0v) is 25.1. The van der Waals surface area contributed by atoms with Crippen LogP contribution in [-0.2, 0) is 14.4 Å². The number of hydrogen-bond donors (Lipinski definition) is 5. The maximum Gasteiger partial charge on any atom is 0.244 e. The molecular formula is C33H34FN5O7. The molecule has 3 amide bonds. The van der Waals surface area contributed by atoms with E-state index in [-0.39, 0.29) is 6.42 Å². The van der Waals surface area contributed by atoms with Crippen molar-refractivity contribution in [2.75, 3.05) is 37.4 Å². The molecule has 0 radical (unpaired) electrons. The molecule has 1 fully saturated rings. The van der Waals surface area contributed by atoms with Gasteiger partial charge in [-0.15, -0.1) is 0 Å². The fraction of sp³-hybridized carbons (Fsp3) is 0.273. The summed E-state index contributed by atoms with van der Waals surface area (Å²) in [6, 6.07) is 17.5. The highest BCUT2D eigenvalue weighted by Gasteiger charge is 2.56. The third-order valence-electron chi connectivity index (χ3n) is 7.46. The summed E-state index contributed by atoms with van der Waals surface area (Å²) in [7, 11) is 1.55. The number of pyridine rings is 1. The second-order valence-corrected chi connectivity index (χ2v) is 10.7. The monoisotopic (exact) mass is 631 g/mol. The highest BCUT2D eigenvalue weighted by atomic mass is 19.1. The van der Waals surface area contributed by atoms with E-state index in [0.717, 1.165) is 0 Å². The fourth-order valence-corrected chi connectivity index (χ4v) is 4.70. The Morgan fingerprint density at radius 1 is 0.891 bits per heavy atom. The Balaban J connectivity index is 1.17. The van der Waals surface area contributed by atoms with Crippen LogP contribution in [0, 0.1) is 11.2 Å².